The molecule has 0 bridgehead atoms. The van der Waals surface area contributed by atoms with Crippen LogP contribution >= 0.6 is 0 Å². The summed E-state index contributed by atoms with van der Waals surface area (Å²) in [7, 11) is -6.21. The molecule has 0 spiro atoms. The number of nitrogens with one attached hydrogen (secondary N) is 1. The van der Waals surface area contributed by atoms with Gasteiger partial charge in [0.15, 0.2) is 5.03 Å². The molecule has 9 heteroatoms. The van der Waals surface area contributed by atoms with Crippen LogP contribution in [0.5, 0.6) is 5.88 Å². The number of hydrogen-bond acceptors (Lipinski definition) is 6. The van der Waals surface area contributed by atoms with E-state index < -0.39 is 20.1 Å². The summed E-state index contributed by atoms with van der Waals surface area (Å²) in [6.07, 6.45) is 0.841. The van der Waals surface area contributed by atoms with E-state index in [4.69, 9.17) is 0 Å². The molecule has 1 aromatic heterocycles. The minimum absolute atomic E-state index is 0.293. The molecular formula is C7H10N2O5S2. The molecule has 0 saturated carbocycles. The van der Waals surface area contributed by atoms with E-state index in [1.807, 2.05) is 0 Å². The van der Waals surface area contributed by atoms with Crippen molar-refractivity contribution in [3.63, 3.8) is 0 Å². The zero-order valence-corrected chi connectivity index (χ0v) is 10.2. The quantitative estimate of drug-likeness (QED) is 0.725. The molecule has 0 amide bonds. The SMILES string of the molecule is CNS(=O)(=O)c1cccc(OS(C)(=O)=O)n1. The van der Waals surface area contributed by atoms with Crippen molar-refractivity contribution in [2.24, 2.45) is 0 Å². The van der Waals surface area contributed by atoms with Crippen LogP contribution in [0.4, 0.5) is 0 Å². The monoisotopic (exact) mass is 266 g/mol. The van der Waals surface area contributed by atoms with E-state index in [0.717, 1.165) is 6.26 Å². The van der Waals surface area contributed by atoms with E-state index in [2.05, 4.69) is 13.9 Å². The molecule has 0 saturated heterocycles. The van der Waals surface area contributed by atoms with Crippen LogP contribution in [0, 0.1) is 0 Å². The molecule has 90 valence electrons. The van der Waals surface area contributed by atoms with Gasteiger partial charge in [-0.05, 0) is 13.1 Å². The summed E-state index contributed by atoms with van der Waals surface area (Å²) < 4.78 is 50.8. The summed E-state index contributed by atoms with van der Waals surface area (Å²) in [4.78, 5) is 3.55. The van der Waals surface area contributed by atoms with E-state index >= 15 is 0 Å². The lowest BCUT2D eigenvalue weighted by molar-refractivity contribution is 0.478. The maximum atomic E-state index is 11.3. The number of rotatable bonds is 4. The zero-order chi connectivity index (χ0) is 12.4. The molecule has 0 aromatic carbocycles. The molecule has 16 heavy (non-hydrogen) atoms. The largest absolute Gasteiger partial charge is 0.362 e. The fourth-order valence-electron chi connectivity index (χ4n) is 0.852. The van der Waals surface area contributed by atoms with Gasteiger partial charge in [0.05, 0.1) is 6.26 Å². The second-order valence-electron chi connectivity index (χ2n) is 2.81. The van der Waals surface area contributed by atoms with Gasteiger partial charge in [-0.2, -0.15) is 13.4 Å². The average molecular weight is 266 g/mol. The molecule has 1 N–H and O–H groups in total. The molecule has 0 atom stereocenters. The van der Waals surface area contributed by atoms with Crippen molar-refractivity contribution in [1.29, 1.82) is 0 Å². The highest BCUT2D eigenvalue weighted by Crippen LogP contribution is 2.12. The maximum Gasteiger partial charge on any atom is 0.307 e. The highest BCUT2D eigenvalue weighted by atomic mass is 32.2. The van der Waals surface area contributed by atoms with Gasteiger partial charge < -0.3 is 4.18 Å². The number of nitrogens with zero attached hydrogens (tertiary/aromatic N) is 1. The fourth-order valence-corrected chi connectivity index (χ4v) is 1.93. The molecule has 0 aliphatic heterocycles. The van der Waals surface area contributed by atoms with Gasteiger partial charge in [-0.25, -0.2) is 13.1 Å². The molecule has 0 aliphatic rings. The highest BCUT2D eigenvalue weighted by Gasteiger charge is 2.15. The van der Waals surface area contributed by atoms with Gasteiger partial charge in [0.2, 0.25) is 5.88 Å². The van der Waals surface area contributed by atoms with Crippen LogP contribution in [0.1, 0.15) is 0 Å². The third-order valence-electron chi connectivity index (χ3n) is 1.48. The topological polar surface area (TPSA) is 102 Å². The second kappa shape index (κ2) is 4.36. The van der Waals surface area contributed by atoms with Crippen molar-refractivity contribution in [2.75, 3.05) is 13.3 Å². The standard InChI is InChI=1S/C7H10N2O5S2/c1-8-16(12,13)7-5-3-4-6(9-7)14-15(2,10)11/h3-5,8H,1-2H3. The summed E-state index contributed by atoms with van der Waals surface area (Å²) in [5, 5.41) is -0.309. The molecular weight excluding hydrogens is 256 g/mol. The van der Waals surface area contributed by atoms with E-state index in [9.17, 15) is 16.8 Å². The first-order valence-electron chi connectivity index (χ1n) is 4.05. The van der Waals surface area contributed by atoms with Gasteiger partial charge in [-0.15, -0.1) is 0 Å². The Morgan fingerprint density at radius 3 is 2.38 bits per heavy atom. The number of hydrogen-bond donors (Lipinski definition) is 1. The van der Waals surface area contributed by atoms with Crippen LogP contribution in [0.15, 0.2) is 23.2 Å². The van der Waals surface area contributed by atoms with Crippen molar-refractivity contribution in [2.45, 2.75) is 5.03 Å². The molecule has 0 radical (unpaired) electrons. The van der Waals surface area contributed by atoms with E-state index in [1.54, 1.807) is 0 Å². The van der Waals surface area contributed by atoms with Crippen LogP contribution < -0.4 is 8.91 Å². The van der Waals surface area contributed by atoms with Gasteiger partial charge in [-0.1, -0.05) is 6.07 Å². The van der Waals surface area contributed by atoms with Crippen molar-refractivity contribution in [1.82, 2.24) is 9.71 Å². The molecule has 7 nitrogen and oxygen atoms in total. The van der Waals surface area contributed by atoms with Gasteiger partial charge in [-0.3, -0.25) is 0 Å². The van der Waals surface area contributed by atoms with Crippen LogP contribution in [0.25, 0.3) is 0 Å². The van der Waals surface area contributed by atoms with Gasteiger partial charge in [0.25, 0.3) is 10.0 Å². The van der Waals surface area contributed by atoms with Crippen LogP contribution in [0.3, 0.4) is 0 Å². The van der Waals surface area contributed by atoms with Crippen LogP contribution in [-0.2, 0) is 20.1 Å². The van der Waals surface area contributed by atoms with E-state index in [1.165, 1.54) is 25.2 Å². The zero-order valence-electron chi connectivity index (χ0n) is 8.54. The van der Waals surface area contributed by atoms with Gasteiger partial charge in [0, 0.05) is 6.07 Å². The molecule has 0 unspecified atom stereocenters. The smallest absolute Gasteiger partial charge is 0.307 e. The Morgan fingerprint density at radius 2 is 1.88 bits per heavy atom. The lowest BCUT2D eigenvalue weighted by atomic mass is 10.5. The third-order valence-corrected chi connectivity index (χ3v) is 3.27. The van der Waals surface area contributed by atoms with Crippen molar-refractivity contribution >= 4 is 20.1 Å². The molecule has 0 fully saturated rings. The van der Waals surface area contributed by atoms with Crippen LogP contribution in [-0.4, -0.2) is 35.1 Å². The first kappa shape index (κ1) is 12.9. The van der Waals surface area contributed by atoms with Crippen molar-refractivity contribution in [3.8, 4) is 5.88 Å². The summed E-state index contributed by atoms with van der Waals surface area (Å²) in [6.45, 7) is 0. The molecule has 0 aliphatic carbocycles. The molecule has 1 aromatic rings. The first-order chi connectivity index (χ1) is 7.24. The summed E-state index contributed by atoms with van der Waals surface area (Å²) in [6, 6.07) is 3.80. The number of pyridine rings is 1. The summed E-state index contributed by atoms with van der Waals surface area (Å²) in [5.41, 5.74) is 0. The lowest BCUT2D eigenvalue weighted by Gasteiger charge is -2.04. The molecule has 1 rings (SSSR count). The summed E-state index contributed by atoms with van der Waals surface area (Å²) >= 11 is 0. The minimum atomic E-state index is -3.72. The Kier molecular flexibility index (Phi) is 3.51. The van der Waals surface area contributed by atoms with E-state index in [-0.39, 0.29) is 10.9 Å². The normalized spacial score (nSPS) is 12.4. The number of sulfonamides is 1. The Hall–Kier alpha value is -1.19. The fraction of sp³-hybridized carbons (Fsp3) is 0.286. The minimum Gasteiger partial charge on any atom is -0.362 e. The van der Waals surface area contributed by atoms with Gasteiger partial charge in [0.1, 0.15) is 0 Å². The average Bonchev–Trinajstić information content (AvgIpc) is 2.15. The first-order valence-corrected chi connectivity index (χ1v) is 7.34. The highest BCUT2D eigenvalue weighted by molar-refractivity contribution is 7.89. The Labute approximate surface area is 93.6 Å². The Morgan fingerprint density at radius 1 is 1.25 bits per heavy atom. The number of aromatic nitrogens is 1. The predicted molar refractivity (Wildman–Crippen MR) is 56.0 cm³/mol. The van der Waals surface area contributed by atoms with Crippen molar-refractivity contribution in [3.05, 3.63) is 18.2 Å². The second-order valence-corrected chi connectivity index (χ2v) is 6.22. The predicted octanol–water partition coefficient (Wildman–Crippen LogP) is -0.672. The Balaban J connectivity index is 3.15. The third kappa shape index (κ3) is 3.43. The summed E-state index contributed by atoms with van der Waals surface area (Å²) in [5.74, 6) is -0.293. The van der Waals surface area contributed by atoms with Gasteiger partial charge >= 0.3 is 10.1 Å². The van der Waals surface area contributed by atoms with Crippen LogP contribution in [0.2, 0.25) is 0 Å². The maximum absolute atomic E-state index is 11.3. The Bertz CT molecular complexity index is 579. The van der Waals surface area contributed by atoms with Crippen molar-refractivity contribution < 1.29 is 21.0 Å². The van der Waals surface area contributed by atoms with E-state index in [0.29, 0.717) is 0 Å². The lowest BCUT2D eigenvalue weighted by Crippen LogP contribution is -2.20. The molecule has 1 heterocycles.